The van der Waals surface area contributed by atoms with E-state index in [1.807, 2.05) is 30.3 Å². The molecule has 0 aliphatic carbocycles. The molecule has 0 saturated carbocycles. The Bertz CT molecular complexity index is 969. The summed E-state index contributed by atoms with van der Waals surface area (Å²) in [6.07, 6.45) is 0. The number of rotatable bonds is 5. The van der Waals surface area contributed by atoms with Crippen LogP contribution in [-0.2, 0) is 6.54 Å². The lowest BCUT2D eigenvalue weighted by Crippen LogP contribution is -2.26. The van der Waals surface area contributed by atoms with Crippen molar-refractivity contribution in [1.82, 2.24) is 15.2 Å². The van der Waals surface area contributed by atoms with Crippen molar-refractivity contribution in [2.45, 2.75) is 6.54 Å². The summed E-state index contributed by atoms with van der Waals surface area (Å²) >= 11 is 7.43. The first-order valence-electron chi connectivity index (χ1n) is 8.26. The minimum absolute atomic E-state index is 0.137. The van der Waals surface area contributed by atoms with E-state index < -0.39 is 0 Å². The maximum Gasteiger partial charge on any atom is 0.273 e. The molecule has 0 radical (unpaired) electrons. The Morgan fingerprint density at radius 2 is 1.93 bits per heavy atom. The van der Waals surface area contributed by atoms with Gasteiger partial charge in [-0.25, -0.2) is 4.98 Å². The molecule has 7 heteroatoms. The lowest BCUT2D eigenvalue weighted by atomic mass is 10.1. The van der Waals surface area contributed by atoms with Crippen molar-refractivity contribution in [3.63, 3.8) is 0 Å². The van der Waals surface area contributed by atoms with Gasteiger partial charge in [0.25, 0.3) is 11.8 Å². The largest absolute Gasteiger partial charge is 0.355 e. The second kappa shape index (κ2) is 8.33. The third-order valence-corrected chi connectivity index (χ3v) is 5.13. The van der Waals surface area contributed by atoms with E-state index in [0.717, 1.165) is 16.1 Å². The zero-order valence-corrected chi connectivity index (χ0v) is 16.5. The number of amides is 2. The van der Waals surface area contributed by atoms with Gasteiger partial charge in [-0.05, 0) is 29.8 Å². The van der Waals surface area contributed by atoms with Crippen molar-refractivity contribution >= 4 is 34.8 Å². The first-order chi connectivity index (χ1) is 13.0. The van der Waals surface area contributed by atoms with Gasteiger partial charge in [-0.15, -0.1) is 11.3 Å². The number of hydrogen-bond donors (Lipinski definition) is 1. The summed E-state index contributed by atoms with van der Waals surface area (Å²) in [6.45, 7) is 0.427. The normalized spacial score (nSPS) is 10.5. The van der Waals surface area contributed by atoms with Crippen molar-refractivity contribution in [2.24, 2.45) is 0 Å². The van der Waals surface area contributed by atoms with Crippen molar-refractivity contribution in [1.29, 1.82) is 0 Å². The predicted molar refractivity (Wildman–Crippen MR) is 108 cm³/mol. The lowest BCUT2D eigenvalue weighted by molar-refractivity contribution is 0.0779. The monoisotopic (exact) mass is 399 g/mol. The van der Waals surface area contributed by atoms with Crippen LogP contribution in [0.1, 0.15) is 26.4 Å². The molecule has 0 aliphatic heterocycles. The summed E-state index contributed by atoms with van der Waals surface area (Å²) in [4.78, 5) is 30.3. The van der Waals surface area contributed by atoms with Crippen LogP contribution in [0, 0.1) is 0 Å². The van der Waals surface area contributed by atoms with E-state index in [4.69, 9.17) is 11.6 Å². The molecule has 27 heavy (non-hydrogen) atoms. The molecular weight excluding hydrogens is 382 g/mol. The Balaban J connectivity index is 1.69. The molecule has 0 unspecified atom stereocenters. The van der Waals surface area contributed by atoms with Crippen LogP contribution in [0.2, 0.25) is 5.02 Å². The molecule has 2 amide bonds. The zero-order valence-electron chi connectivity index (χ0n) is 14.9. The lowest BCUT2D eigenvalue weighted by Gasteiger charge is -2.16. The van der Waals surface area contributed by atoms with Gasteiger partial charge in [-0.3, -0.25) is 9.59 Å². The summed E-state index contributed by atoms with van der Waals surface area (Å²) in [7, 11) is 3.32. The number of carbonyl (C=O) groups excluding carboxylic acids is 2. The summed E-state index contributed by atoms with van der Waals surface area (Å²) < 4.78 is 0. The van der Waals surface area contributed by atoms with Gasteiger partial charge in [-0.2, -0.15) is 0 Å². The average Bonchev–Trinajstić information content (AvgIpc) is 3.17. The SMILES string of the molecule is CNC(=O)c1ccc(CN(C)C(=O)c2csc(-c3cccc(Cl)c3)n2)cc1. The van der Waals surface area contributed by atoms with Crippen LogP contribution < -0.4 is 5.32 Å². The smallest absolute Gasteiger partial charge is 0.273 e. The second-order valence-electron chi connectivity index (χ2n) is 5.99. The first kappa shape index (κ1) is 19.1. The molecule has 0 bridgehead atoms. The second-order valence-corrected chi connectivity index (χ2v) is 7.28. The Morgan fingerprint density at radius 3 is 2.59 bits per heavy atom. The molecule has 3 aromatic rings. The van der Waals surface area contributed by atoms with Gasteiger partial charge in [0.1, 0.15) is 10.7 Å². The quantitative estimate of drug-likeness (QED) is 0.702. The summed E-state index contributed by atoms with van der Waals surface area (Å²) in [5.74, 6) is -0.295. The van der Waals surface area contributed by atoms with Gasteiger partial charge >= 0.3 is 0 Å². The van der Waals surface area contributed by atoms with Crippen molar-refractivity contribution < 1.29 is 9.59 Å². The van der Waals surface area contributed by atoms with Gasteiger partial charge in [0, 0.05) is 42.2 Å². The molecule has 1 N–H and O–H groups in total. The van der Waals surface area contributed by atoms with Crippen LogP contribution in [-0.4, -0.2) is 35.8 Å². The van der Waals surface area contributed by atoms with E-state index in [2.05, 4.69) is 10.3 Å². The van der Waals surface area contributed by atoms with Gasteiger partial charge < -0.3 is 10.2 Å². The highest BCUT2D eigenvalue weighted by atomic mass is 35.5. The molecule has 1 aromatic heterocycles. The van der Waals surface area contributed by atoms with Gasteiger partial charge in [0.2, 0.25) is 0 Å². The number of halogens is 1. The molecule has 0 atom stereocenters. The van der Waals surface area contributed by atoms with Gasteiger partial charge in [0.05, 0.1) is 0 Å². The molecule has 0 fully saturated rings. The fourth-order valence-electron chi connectivity index (χ4n) is 2.57. The highest BCUT2D eigenvalue weighted by Gasteiger charge is 2.17. The maximum atomic E-state index is 12.7. The number of hydrogen-bond acceptors (Lipinski definition) is 4. The molecule has 0 aliphatic rings. The van der Waals surface area contributed by atoms with Crippen LogP contribution >= 0.6 is 22.9 Å². The standard InChI is InChI=1S/C20H18ClN3O2S/c1-22-18(25)14-8-6-13(7-9-14)11-24(2)20(26)17-12-27-19(23-17)15-4-3-5-16(21)10-15/h3-10,12H,11H2,1-2H3,(H,22,25). The van der Waals surface area contributed by atoms with E-state index in [-0.39, 0.29) is 11.8 Å². The van der Waals surface area contributed by atoms with E-state index >= 15 is 0 Å². The molecule has 0 saturated heterocycles. The third-order valence-electron chi connectivity index (χ3n) is 4.00. The minimum atomic E-state index is -0.157. The Labute approximate surface area is 166 Å². The third kappa shape index (κ3) is 4.53. The fraction of sp³-hybridized carbons (Fsp3) is 0.150. The molecule has 1 heterocycles. The van der Waals surface area contributed by atoms with E-state index in [9.17, 15) is 9.59 Å². The minimum Gasteiger partial charge on any atom is -0.355 e. The van der Waals surface area contributed by atoms with Crippen LogP contribution in [0.15, 0.2) is 53.9 Å². The highest BCUT2D eigenvalue weighted by Crippen LogP contribution is 2.26. The number of benzene rings is 2. The molecular formula is C20H18ClN3O2S. The fourth-order valence-corrected chi connectivity index (χ4v) is 3.55. The Hall–Kier alpha value is -2.70. The predicted octanol–water partition coefficient (Wildman–Crippen LogP) is 4.10. The number of nitrogens with one attached hydrogen (secondary N) is 1. The number of thiazole rings is 1. The number of nitrogens with zero attached hydrogens (tertiary/aromatic N) is 2. The number of carbonyl (C=O) groups is 2. The number of aromatic nitrogens is 1. The topological polar surface area (TPSA) is 62.3 Å². The molecule has 5 nitrogen and oxygen atoms in total. The van der Waals surface area contributed by atoms with E-state index in [1.54, 1.807) is 42.6 Å². The Kier molecular flexibility index (Phi) is 5.88. The van der Waals surface area contributed by atoms with Gasteiger partial charge in [-0.1, -0.05) is 35.9 Å². The Morgan fingerprint density at radius 1 is 1.19 bits per heavy atom. The zero-order chi connectivity index (χ0) is 19.4. The average molecular weight is 400 g/mol. The van der Waals surface area contributed by atoms with Crippen LogP contribution in [0.3, 0.4) is 0 Å². The van der Waals surface area contributed by atoms with Crippen LogP contribution in [0.4, 0.5) is 0 Å². The first-order valence-corrected chi connectivity index (χ1v) is 9.51. The van der Waals surface area contributed by atoms with Crippen molar-refractivity contribution in [3.05, 3.63) is 75.8 Å². The molecule has 3 rings (SSSR count). The van der Waals surface area contributed by atoms with E-state index in [1.165, 1.54) is 11.3 Å². The molecule has 138 valence electrons. The van der Waals surface area contributed by atoms with Gasteiger partial charge in [0.15, 0.2) is 0 Å². The summed E-state index contributed by atoms with van der Waals surface area (Å²) in [5, 5.41) is 5.72. The van der Waals surface area contributed by atoms with Crippen LogP contribution in [0.25, 0.3) is 10.6 Å². The van der Waals surface area contributed by atoms with Crippen molar-refractivity contribution in [3.8, 4) is 10.6 Å². The summed E-state index contributed by atoms with van der Waals surface area (Å²) in [6, 6.07) is 14.6. The van der Waals surface area contributed by atoms with Crippen molar-refractivity contribution in [2.75, 3.05) is 14.1 Å². The maximum absolute atomic E-state index is 12.7. The summed E-state index contributed by atoms with van der Waals surface area (Å²) in [5.41, 5.74) is 2.81. The molecule has 2 aromatic carbocycles. The van der Waals surface area contributed by atoms with E-state index in [0.29, 0.717) is 22.8 Å². The molecule has 0 spiro atoms. The highest BCUT2D eigenvalue weighted by molar-refractivity contribution is 7.13. The van der Waals surface area contributed by atoms with Crippen LogP contribution in [0.5, 0.6) is 0 Å².